The maximum absolute atomic E-state index is 8.93. The Morgan fingerprint density at radius 2 is 2.19 bits per heavy atom. The van der Waals surface area contributed by atoms with Crippen LogP contribution in [0.15, 0.2) is 29.4 Å². The molecule has 4 nitrogen and oxygen atoms in total. The van der Waals surface area contributed by atoms with Gasteiger partial charge in [-0.1, -0.05) is 5.16 Å². The van der Waals surface area contributed by atoms with Crippen LogP contribution < -0.4 is 4.74 Å². The molecule has 4 heteroatoms. The molecule has 0 amide bonds. The summed E-state index contributed by atoms with van der Waals surface area (Å²) in [5.41, 5.74) is 1.89. The highest BCUT2D eigenvalue weighted by Gasteiger charge is 2.20. The highest BCUT2D eigenvalue weighted by molar-refractivity contribution is 6.01. The zero-order valence-corrected chi connectivity index (χ0v) is 9.22. The fourth-order valence-electron chi connectivity index (χ4n) is 1.61. The van der Waals surface area contributed by atoms with Gasteiger partial charge in [-0.05, 0) is 36.8 Å². The van der Waals surface area contributed by atoms with Gasteiger partial charge in [0.2, 0.25) is 0 Å². The summed E-state index contributed by atoms with van der Waals surface area (Å²) in [4.78, 5) is 5.05. The second-order valence-electron chi connectivity index (χ2n) is 3.61. The fourth-order valence-corrected chi connectivity index (χ4v) is 1.61. The van der Waals surface area contributed by atoms with Crippen LogP contribution in [0.1, 0.15) is 18.9 Å². The SMILES string of the molecule is CCOc1ccc(C2=NOC(CO)C2)cc1. The smallest absolute Gasteiger partial charge is 0.156 e. The second kappa shape index (κ2) is 4.99. The number of nitrogens with zero attached hydrogens (tertiary/aromatic N) is 1. The largest absolute Gasteiger partial charge is 0.494 e. The van der Waals surface area contributed by atoms with Gasteiger partial charge in [0.25, 0.3) is 0 Å². The van der Waals surface area contributed by atoms with Gasteiger partial charge in [-0.2, -0.15) is 0 Å². The molecule has 0 spiro atoms. The Bertz CT molecular complexity index is 372. The Hall–Kier alpha value is -1.55. The number of rotatable bonds is 4. The second-order valence-corrected chi connectivity index (χ2v) is 3.61. The van der Waals surface area contributed by atoms with Crippen molar-refractivity contribution in [1.29, 1.82) is 0 Å². The first kappa shape index (κ1) is 11.0. The van der Waals surface area contributed by atoms with Crippen LogP contribution in [0.4, 0.5) is 0 Å². The van der Waals surface area contributed by atoms with Gasteiger partial charge in [-0.15, -0.1) is 0 Å². The van der Waals surface area contributed by atoms with Gasteiger partial charge in [0.05, 0.1) is 18.9 Å². The van der Waals surface area contributed by atoms with Crippen LogP contribution in [-0.2, 0) is 4.84 Å². The van der Waals surface area contributed by atoms with Gasteiger partial charge >= 0.3 is 0 Å². The van der Waals surface area contributed by atoms with Gasteiger partial charge < -0.3 is 14.7 Å². The third kappa shape index (κ3) is 2.33. The Morgan fingerprint density at radius 3 is 2.75 bits per heavy atom. The van der Waals surface area contributed by atoms with Gasteiger partial charge in [0.15, 0.2) is 6.10 Å². The van der Waals surface area contributed by atoms with E-state index in [-0.39, 0.29) is 12.7 Å². The van der Waals surface area contributed by atoms with Crippen molar-refractivity contribution >= 4 is 5.71 Å². The van der Waals surface area contributed by atoms with Crippen molar-refractivity contribution in [2.24, 2.45) is 5.16 Å². The minimum absolute atomic E-state index is 0.00400. The molecular weight excluding hydrogens is 206 g/mol. The monoisotopic (exact) mass is 221 g/mol. The molecule has 1 aromatic carbocycles. The zero-order valence-electron chi connectivity index (χ0n) is 9.22. The molecule has 0 saturated carbocycles. The summed E-state index contributed by atoms with van der Waals surface area (Å²) in [6.07, 6.45) is 0.464. The molecule has 16 heavy (non-hydrogen) atoms. The van der Waals surface area contributed by atoms with E-state index in [2.05, 4.69) is 5.16 Å². The molecule has 0 saturated heterocycles. The van der Waals surface area contributed by atoms with Crippen molar-refractivity contribution in [3.63, 3.8) is 0 Å². The quantitative estimate of drug-likeness (QED) is 0.839. The summed E-state index contributed by atoms with van der Waals surface area (Å²) in [5, 5.41) is 12.9. The van der Waals surface area contributed by atoms with Crippen molar-refractivity contribution < 1.29 is 14.7 Å². The van der Waals surface area contributed by atoms with E-state index < -0.39 is 0 Å². The van der Waals surface area contributed by atoms with E-state index in [0.29, 0.717) is 13.0 Å². The molecule has 0 aliphatic carbocycles. The Labute approximate surface area is 94.5 Å². The average Bonchev–Trinajstić information content (AvgIpc) is 2.79. The van der Waals surface area contributed by atoms with Crippen LogP contribution >= 0.6 is 0 Å². The number of oxime groups is 1. The third-order valence-electron chi connectivity index (χ3n) is 2.44. The summed E-state index contributed by atoms with van der Waals surface area (Å²) < 4.78 is 5.35. The number of ether oxygens (including phenoxy) is 1. The van der Waals surface area contributed by atoms with Crippen LogP contribution in [0.5, 0.6) is 5.75 Å². The van der Waals surface area contributed by atoms with Gasteiger partial charge in [-0.3, -0.25) is 0 Å². The van der Waals surface area contributed by atoms with E-state index in [4.69, 9.17) is 14.7 Å². The van der Waals surface area contributed by atoms with Crippen LogP contribution in [0.3, 0.4) is 0 Å². The molecule has 2 rings (SSSR count). The minimum Gasteiger partial charge on any atom is -0.494 e. The van der Waals surface area contributed by atoms with Gasteiger partial charge in [0.1, 0.15) is 5.75 Å². The standard InChI is InChI=1S/C12H15NO3/c1-2-15-10-5-3-9(4-6-10)12-7-11(8-14)16-13-12/h3-6,11,14H,2,7-8H2,1H3. The summed E-state index contributed by atoms with van der Waals surface area (Å²) in [6, 6.07) is 7.72. The molecule has 0 bridgehead atoms. The predicted molar refractivity (Wildman–Crippen MR) is 60.7 cm³/mol. The molecule has 1 aromatic rings. The van der Waals surface area contributed by atoms with Crippen LogP contribution in [-0.4, -0.2) is 30.1 Å². The minimum atomic E-state index is -0.193. The Balaban J connectivity index is 2.05. The van der Waals surface area contributed by atoms with Gasteiger partial charge in [-0.25, -0.2) is 0 Å². The van der Waals surface area contributed by atoms with Crippen molar-refractivity contribution in [1.82, 2.24) is 0 Å². The summed E-state index contributed by atoms with van der Waals surface area (Å²) in [7, 11) is 0. The number of aliphatic hydroxyl groups is 1. The topological polar surface area (TPSA) is 51.0 Å². The number of hydrogen-bond donors (Lipinski definition) is 1. The maximum Gasteiger partial charge on any atom is 0.156 e. The van der Waals surface area contributed by atoms with Crippen LogP contribution in [0.25, 0.3) is 0 Å². The van der Waals surface area contributed by atoms with Crippen molar-refractivity contribution in [3.05, 3.63) is 29.8 Å². The highest BCUT2D eigenvalue weighted by atomic mass is 16.6. The normalized spacial score (nSPS) is 19.1. The molecule has 1 aliphatic rings. The lowest BCUT2D eigenvalue weighted by atomic mass is 10.1. The van der Waals surface area contributed by atoms with Crippen molar-refractivity contribution in [2.45, 2.75) is 19.4 Å². The van der Waals surface area contributed by atoms with E-state index in [9.17, 15) is 0 Å². The summed E-state index contributed by atoms with van der Waals surface area (Å²) in [6.45, 7) is 2.62. The summed E-state index contributed by atoms with van der Waals surface area (Å²) in [5.74, 6) is 0.851. The lowest BCUT2D eigenvalue weighted by Gasteiger charge is -2.04. The first-order chi connectivity index (χ1) is 7.83. The number of aliphatic hydroxyl groups excluding tert-OH is 1. The number of benzene rings is 1. The predicted octanol–water partition coefficient (Wildman–Crippen LogP) is 1.57. The molecule has 0 radical (unpaired) electrons. The number of hydrogen-bond acceptors (Lipinski definition) is 4. The molecule has 1 atom stereocenters. The van der Waals surface area contributed by atoms with Crippen LogP contribution in [0.2, 0.25) is 0 Å². The summed E-state index contributed by atoms with van der Waals surface area (Å²) >= 11 is 0. The molecule has 0 aromatic heterocycles. The van der Waals surface area contributed by atoms with Gasteiger partial charge in [0, 0.05) is 6.42 Å². The first-order valence-electron chi connectivity index (χ1n) is 5.40. The molecule has 1 aliphatic heterocycles. The van der Waals surface area contributed by atoms with E-state index in [0.717, 1.165) is 17.0 Å². The molecule has 86 valence electrons. The molecule has 1 heterocycles. The maximum atomic E-state index is 8.93. The molecule has 1 unspecified atom stereocenters. The molecule has 1 N–H and O–H groups in total. The fraction of sp³-hybridized carbons (Fsp3) is 0.417. The van der Waals surface area contributed by atoms with E-state index in [1.54, 1.807) is 0 Å². The average molecular weight is 221 g/mol. The zero-order chi connectivity index (χ0) is 11.4. The first-order valence-corrected chi connectivity index (χ1v) is 5.40. The Kier molecular flexibility index (Phi) is 3.41. The lowest BCUT2D eigenvalue weighted by Crippen LogP contribution is -2.12. The third-order valence-corrected chi connectivity index (χ3v) is 2.44. The Morgan fingerprint density at radius 1 is 1.44 bits per heavy atom. The van der Waals surface area contributed by atoms with Crippen molar-refractivity contribution in [2.75, 3.05) is 13.2 Å². The lowest BCUT2D eigenvalue weighted by molar-refractivity contribution is 0.0390. The van der Waals surface area contributed by atoms with E-state index in [1.807, 2.05) is 31.2 Å². The van der Waals surface area contributed by atoms with Crippen molar-refractivity contribution in [3.8, 4) is 5.75 Å². The highest BCUT2D eigenvalue weighted by Crippen LogP contribution is 2.19. The molecule has 0 fully saturated rings. The van der Waals surface area contributed by atoms with E-state index in [1.165, 1.54) is 0 Å². The van der Waals surface area contributed by atoms with Crippen LogP contribution in [0, 0.1) is 0 Å². The van der Waals surface area contributed by atoms with E-state index >= 15 is 0 Å². The molecular formula is C12H15NO3.